The summed E-state index contributed by atoms with van der Waals surface area (Å²) in [6.07, 6.45) is 0.568. The second kappa shape index (κ2) is 9.73. The van der Waals surface area contributed by atoms with Gasteiger partial charge in [0.2, 0.25) is 0 Å². The van der Waals surface area contributed by atoms with Gasteiger partial charge in [-0.3, -0.25) is 9.59 Å². The first-order chi connectivity index (χ1) is 12.5. The first-order valence-corrected chi connectivity index (χ1v) is 9.82. The van der Waals surface area contributed by atoms with Crippen LogP contribution in [-0.4, -0.2) is 23.7 Å². The second-order valence-electron chi connectivity index (χ2n) is 5.35. The number of hydrogen-bond donors (Lipinski definition) is 1. The molecule has 0 spiro atoms. The lowest BCUT2D eigenvalue weighted by molar-refractivity contribution is -0.142. The van der Waals surface area contributed by atoms with Gasteiger partial charge < -0.3 is 10.1 Å². The van der Waals surface area contributed by atoms with Crippen LogP contribution in [-0.2, 0) is 9.53 Å². The van der Waals surface area contributed by atoms with Crippen LogP contribution in [0.3, 0.4) is 0 Å². The number of esters is 1. The molecule has 0 saturated heterocycles. The molecule has 0 radical (unpaired) electrons. The average Bonchev–Trinajstić information content (AvgIpc) is 2.63. The third kappa shape index (κ3) is 5.32. The van der Waals surface area contributed by atoms with Gasteiger partial charge in [0, 0.05) is 14.9 Å². The Balaban J connectivity index is 2.22. The first kappa shape index (κ1) is 20.5. The molecule has 2 rings (SSSR count). The normalized spacial score (nSPS) is 11.7. The number of anilines is 1. The predicted molar refractivity (Wildman–Crippen MR) is 105 cm³/mol. The van der Waals surface area contributed by atoms with E-state index in [4.69, 9.17) is 4.74 Å². The SMILES string of the molecule is CCOC(=O)C(CC)Sc1cc(NC(=O)c2ccccc2)c(F)cc1Br. The molecule has 1 amide bonds. The quantitative estimate of drug-likeness (QED) is 0.471. The van der Waals surface area contributed by atoms with Crippen LogP contribution in [0.5, 0.6) is 0 Å². The van der Waals surface area contributed by atoms with E-state index in [-0.39, 0.29) is 11.7 Å². The Morgan fingerprint density at radius 3 is 2.54 bits per heavy atom. The molecule has 2 aromatic rings. The van der Waals surface area contributed by atoms with Crippen LogP contribution < -0.4 is 5.32 Å². The maximum atomic E-state index is 14.3. The Bertz CT molecular complexity index is 786. The van der Waals surface area contributed by atoms with Crippen LogP contribution in [0, 0.1) is 5.82 Å². The molecule has 0 fully saturated rings. The molecule has 2 aromatic carbocycles. The van der Waals surface area contributed by atoms with Crippen molar-refractivity contribution in [1.29, 1.82) is 0 Å². The van der Waals surface area contributed by atoms with E-state index in [1.807, 2.05) is 6.92 Å². The van der Waals surface area contributed by atoms with Gasteiger partial charge in [-0.25, -0.2) is 4.39 Å². The topological polar surface area (TPSA) is 55.4 Å². The summed E-state index contributed by atoms with van der Waals surface area (Å²) in [5.41, 5.74) is 0.491. The molecule has 0 aliphatic carbocycles. The highest BCUT2D eigenvalue weighted by Gasteiger charge is 2.21. The molecular formula is C19H19BrFNO3S. The molecule has 1 N–H and O–H groups in total. The fourth-order valence-electron chi connectivity index (χ4n) is 2.19. The minimum Gasteiger partial charge on any atom is -0.465 e. The number of amides is 1. The van der Waals surface area contributed by atoms with Crippen molar-refractivity contribution in [3.63, 3.8) is 0 Å². The summed E-state index contributed by atoms with van der Waals surface area (Å²) >= 11 is 4.58. The first-order valence-electron chi connectivity index (χ1n) is 8.15. The number of hydrogen-bond acceptors (Lipinski definition) is 4. The number of nitrogens with one attached hydrogen (secondary N) is 1. The fourth-order valence-corrected chi connectivity index (χ4v) is 3.78. The number of carbonyl (C=O) groups excluding carboxylic acids is 2. The number of rotatable bonds is 7. The van der Waals surface area contributed by atoms with Crippen molar-refractivity contribution in [2.75, 3.05) is 11.9 Å². The van der Waals surface area contributed by atoms with E-state index in [1.54, 1.807) is 37.3 Å². The van der Waals surface area contributed by atoms with Crippen LogP contribution in [0.25, 0.3) is 0 Å². The lowest BCUT2D eigenvalue weighted by atomic mass is 10.2. The van der Waals surface area contributed by atoms with Gasteiger partial charge >= 0.3 is 5.97 Å². The van der Waals surface area contributed by atoms with Crippen molar-refractivity contribution in [2.45, 2.75) is 30.4 Å². The summed E-state index contributed by atoms with van der Waals surface area (Å²) in [5.74, 6) is -1.28. The van der Waals surface area contributed by atoms with Crippen molar-refractivity contribution < 1.29 is 18.7 Å². The minimum atomic E-state index is -0.560. The van der Waals surface area contributed by atoms with Crippen molar-refractivity contribution in [3.05, 3.63) is 58.3 Å². The van der Waals surface area contributed by atoms with Crippen LogP contribution in [0.15, 0.2) is 51.8 Å². The van der Waals surface area contributed by atoms with E-state index in [9.17, 15) is 14.0 Å². The lowest BCUT2D eigenvalue weighted by Gasteiger charge is -2.16. The zero-order valence-electron chi connectivity index (χ0n) is 14.4. The number of ether oxygens (including phenoxy) is 1. The van der Waals surface area contributed by atoms with Gasteiger partial charge in [-0.05, 0) is 53.5 Å². The van der Waals surface area contributed by atoms with Crippen LogP contribution >= 0.6 is 27.7 Å². The molecule has 0 aliphatic rings. The lowest BCUT2D eigenvalue weighted by Crippen LogP contribution is -2.19. The van der Waals surface area contributed by atoms with Crippen molar-refractivity contribution in [3.8, 4) is 0 Å². The van der Waals surface area contributed by atoms with E-state index in [0.29, 0.717) is 28.0 Å². The summed E-state index contributed by atoms with van der Waals surface area (Å²) < 4.78 is 19.8. The van der Waals surface area contributed by atoms with E-state index in [0.717, 1.165) is 0 Å². The second-order valence-corrected chi connectivity index (χ2v) is 7.45. The molecule has 26 heavy (non-hydrogen) atoms. The summed E-state index contributed by atoms with van der Waals surface area (Å²) in [5, 5.41) is 2.17. The highest BCUT2D eigenvalue weighted by atomic mass is 79.9. The predicted octanol–water partition coefficient (Wildman–Crippen LogP) is 5.27. The van der Waals surface area contributed by atoms with Gasteiger partial charge in [-0.1, -0.05) is 25.1 Å². The van der Waals surface area contributed by atoms with E-state index >= 15 is 0 Å². The molecule has 7 heteroatoms. The Labute approximate surface area is 164 Å². The van der Waals surface area contributed by atoms with E-state index in [1.165, 1.54) is 23.9 Å². The zero-order chi connectivity index (χ0) is 19.1. The Kier molecular flexibility index (Phi) is 7.66. The standard InChI is InChI=1S/C19H19BrFNO3S/c1-3-16(19(24)25-4-2)26-17-11-15(14(21)10-13(17)20)22-18(23)12-8-6-5-7-9-12/h5-11,16H,3-4H2,1-2H3,(H,22,23). The number of halogens is 2. The monoisotopic (exact) mass is 439 g/mol. The van der Waals surface area contributed by atoms with Crippen molar-refractivity contribution >= 4 is 45.3 Å². The zero-order valence-corrected chi connectivity index (χ0v) is 16.8. The highest BCUT2D eigenvalue weighted by Crippen LogP contribution is 2.36. The van der Waals surface area contributed by atoms with Gasteiger partial charge in [0.05, 0.1) is 12.3 Å². The van der Waals surface area contributed by atoms with Gasteiger partial charge in [0.25, 0.3) is 5.91 Å². The summed E-state index contributed by atoms with van der Waals surface area (Å²) in [4.78, 5) is 24.9. The summed E-state index contributed by atoms with van der Waals surface area (Å²) in [6.45, 7) is 3.93. The third-order valence-electron chi connectivity index (χ3n) is 3.50. The third-order valence-corrected chi connectivity index (χ3v) is 5.82. The largest absolute Gasteiger partial charge is 0.465 e. The number of benzene rings is 2. The molecule has 4 nitrogen and oxygen atoms in total. The van der Waals surface area contributed by atoms with Gasteiger partial charge in [0.15, 0.2) is 0 Å². The molecule has 1 atom stereocenters. The number of carbonyl (C=O) groups is 2. The smallest absolute Gasteiger partial charge is 0.319 e. The molecular weight excluding hydrogens is 421 g/mol. The van der Waals surface area contributed by atoms with Gasteiger partial charge in [-0.15, -0.1) is 11.8 Å². The average molecular weight is 440 g/mol. The van der Waals surface area contributed by atoms with Crippen molar-refractivity contribution in [2.24, 2.45) is 0 Å². The van der Waals surface area contributed by atoms with E-state index < -0.39 is 17.0 Å². The Morgan fingerprint density at radius 2 is 1.92 bits per heavy atom. The van der Waals surface area contributed by atoms with Gasteiger partial charge in [0.1, 0.15) is 11.1 Å². The molecule has 0 heterocycles. The van der Waals surface area contributed by atoms with Crippen LogP contribution in [0.2, 0.25) is 0 Å². The van der Waals surface area contributed by atoms with E-state index in [2.05, 4.69) is 21.2 Å². The number of thioether (sulfide) groups is 1. The Morgan fingerprint density at radius 1 is 1.23 bits per heavy atom. The molecule has 0 aromatic heterocycles. The van der Waals surface area contributed by atoms with Crippen LogP contribution in [0.1, 0.15) is 30.6 Å². The Hall–Kier alpha value is -1.86. The molecule has 0 saturated carbocycles. The minimum absolute atomic E-state index is 0.0586. The summed E-state index contributed by atoms with van der Waals surface area (Å²) in [7, 11) is 0. The highest BCUT2D eigenvalue weighted by molar-refractivity contribution is 9.10. The molecule has 0 aliphatic heterocycles. The fraction of sp³-hybridized carbons (Fsp3) is 0.263. The molecule has 0 bridgehead atoms. The molecule has 138 valence electrons. The maximum Gasteiger partial charge on any atom is 0.319 e. The van der Waals surface area contributed by atoms with Gasteiger partial charge in [-0.2, -0.15) is 0 Å². The maximum absolute atomic E-state index is 14.3. The van der Waals surface area contributed by atoms with Crippen LogP contribution in [0.4, 0.5) is 10.1 Å². The summed E-state index contributed by atoms with van der Waals surface area (Å²) in [6, 6.07) is 11.4. The molecule has 1 unspecified atom stereocenters. The van der Waals surface area contributed by atoms with Crippen molar-refractivity contribution in [1.82, 2.24) is 0 Å².